The topological polar surface area (TPSA) is 101 Å². The Hall–Kier alpha value is -1.89. The van der Waals surface area contributed by atoms with Crippen LogP contribution in [0, 0.1) is 5.92 Å². The van der Waals surface area contributed by atoms with Gasteiger partial charge in [-0.2, -0.15) is 0 Å². The highest BCUT2D eigenvalue weighted by Gasteiger charge is 2.24. The molecule has 0 aliphatic heterocycles. The lowest BCUT2D eigenvalue weighted by molar-refractivity contribution is -0.140. The van der Waals surface area contributed by atoms with Crippen LogP contribution in [0.3, 0.4) is 0 Å². The molecule has 0 aliphatic carbocycles. The molecule has 0 fully saturated rings. The Morgan fingerprint density at radius 3 is 2.38 bits per heavy atom. The highest BCUT2D eigenvalue weighted by Crippen LogP contribution is 2.10. The van der Waals surface area contributed by atoms with E-state index < -0.39 is 27.8 Å². The Bertz CT molecular complexity index is 637. The number of hydrogen-bond donors (Lipinski definition) is 2. The molecule has 0 heterocycles. The number of rotatable bonds is 6. The number of hydrogen-bond acceptors (Lipinski definition) is 4. The summed E-state index contributed by atoms with van der Waals surface area (Å²) in [5, 5.41) is 11.5. The highest BCUT2D eigenvalue weighted by atomic mass is 32.2. The maximum Gasteiger partial charge on any atom is 0.326 e. The lowest BCUT2D eigenvalue weighted by atomic mass is 10.0. The van der Waals surface area contributed by atoms with Crippen molar-refractivity contribution in [3.8, 4) is 0 Å². The summed E-state index contributed by atoms with van der Waals surface area (Å²) in [7, 11) is -3.20. The minimum Gasteiger partial charge on any atom is -0.480 e. The third kappa shape index (κ3) is 5.55. The number of sulfone groups is 1. The molecule has 1 rings (SSSR count). The predicted molar refractivity (Wildman–Crippen MR) is 78.7 cm³/mol. The van der Waals surface area contributed by atoms with Gasteiger partial charge in [0.1, 0.15) is 6.04 Å². The molecule has 1 aromatic rings. The van der Waals surface area contributed by atoms with Crippen molar-refractivity contribution in [2.24, 2.45) is 5.92 Å². The Kier molecular flexibility index (Phi) is 5.48. The molecule has 0 radical (unpaired) electrons. The van der Waals surface area contributed by atoms with Crippen LogP contribution in [-0.2, 0) is 20.4 Å². The van der Waals surface area contributed by atoms with Crippen LogP contribution in [0.4, 0.5) is 0 Å². The van der Waals surface area contributed by atoms with Gasteiger partial charge in [0.05, 0.1) is 5.75 Å². The Balaban J connectivity index is 2.93. The Morgan fingerprint density at radius 1 is 1.29 bits per heavy atom. The number of amides is 1. The fraction of sp³-hybridized carbons (Fsp3) is 0.429. The monoisotopic (exact) mass is 313 g/mol. The molecule has 116 valence electrons. The van der Waals surface area contributed by atoms with E-state index in [4.69, 9.17) is 5.11 Å². The minimum atomic E-state index is -3.20. The van der Waals surface area contributed by atoms with E-state index >= 15 is 0 Å². The number of carbonyl (C=O) groups excluding carboxylic acids is 1. The summed E-state index contributed by atoms with van der Waals surface area (Å²) >= 11 is 0. The Morgan fingerprint density at radius 2 is 1.90 bits per heavy atom. The third-order valence-corrected chi connectivity index (χ3v) is 3.70. The van der Waals surface area contributed by atoms with Gasteiger partial charge in [-0.1, -0.05) is 26.0 Å². The average Bonchev–Trinajstić information content (AvgIpc) is 2.33. The molecule has 6 nitrogen and oxygen atoms in total. The third-order valence-electron chi connectivity index (χ3n) is 2.84. The average molecular weight is 313 g/mol. The summed E-state index contributed by atoms with van der Waals surface area (Å²) in [6.07, 6.45) is 1.11. The zero-order valence-electron chi connectivity index (χ0n) is 12.2. The molecule has 1 aromatic carbocycles. The number of nitrogens with one attached hydrogen (secondary N) is 1. The van der Waals surface area contributed by atoms with Crippen LogP contribution in [-0.4, -0.2) is 37.7 Å². The van der Waals surface area contributed by atoms with E-state index in [-0.39, 0.29) is 17.2 Å². The van der Waals surface area contributed by atoms with Crippen LogP contribution >= 0.6 is 0 Å². The van der Waals surface area contributed by atoms with E-state index in [1.807, 2.05) is 0 Å². The van der Waals surface area contributed by atoms with Crippen molar-refractivity contribution in [1.82, 2.24) is 5.32 Å². The van der Waals surface area contributed by atoms with Gasteiger partial charge in [-0.05, 0) is 23.6 Å². The molecular weight excluding hydrogens is 294 g/mol. The smallest absolute Gasteiger partial charge is 0.326 e. The molecule has 7 heteroatoms. The largest absolute Gasteiger partial charge is 0.480 e. The second-order valence-corrected chi connectivity index (χ2v) is 7.44. The van der Waals surface area contributed by atoms with Gasteiger partial charge in [0.15, 0.2) is 9.84 Å². The maximum absolute atomic E-state index is 12.1. The van der Waals surface area contributed by atoms with E-state index in [2.05, 4.69) is 5.32 Å². The summed E-state index contributed by atoms with van der Waals surface area (Å²) in [6.45, 7) is 3.39. The second kappa shape index (κ2) is 6.71. The van der Waals surface area contributed by atoms with E-state index in [1.165, 1.54) is 12.1 Å². The van der Waals surface area contributed by atoms with Crippen LogP contribution < -0.4 is 5.32 Å². The lowest BCUT2D eigenvalue weighted by Crippen LogP contribution is -2.44. The first kappa shape index (κ1) is 17.2. The molecule has 0 bridgehead atoms. The van der Waals surface area contributed by atoms with Crippen molar-refractivity contribution in [2.75, 3.05) is 6.26 Å². The zero-order valence-corrected chi connectivity index (χ0v) is 13.0. The molecule has 0 saturated heterocycles. The predicted octanol–water partition coefficient (Wildman–Crippen LogP) is 1.07. The summed E-state index contributed by atoms with van der Waals surface area (Å²) < 4.78 is 22.5. The molecule has 1 atom stereocenters. The van der Waals surface area contributed by atoms with Crippen molar-refractivity contribution < 1.29 is 23.1 Å². The van der Waals surface area contributed by atoms with Gasteiger partial charge in [-0.3, -0.25) is 4.79 Å². The number of aliphatic carboxylic acids is 1. The molecule has 21 heavy (non-hydrogen) atoms. The summed E-state index contributed by atoms with van der Waals surface area (Å²) in [5.41, 5.74) is 0.727. The molecule has 0 saturated carbocycles. The number of carbonyl (C=O) groups is 2. The van der Waals surface area contributed by atoms with Gasteiger partial charge in [0.2, 0.25) is 0 Å². The van der Waals surface area contributed by atoms with Crippen LogP contribution in [0.25, 0.3) is 0 Å². The van der Waals surface area contributed by atoms with Crippen LogP contribution in [0.1, 0.15) is 29.8 Å². The van der Waals surface area contributed by atoms with Gasteiger partial charge in [0.25, 0.3) is 5.91 Å². The normalized spacial score (nSPS) is 13.0. The van der Waals surface area contributed by atoms with Crippen LogP contribution in [0.15, 0.2) is 24.3 Å². The molecule has 1 amide bonds. The standard InChI is InChI=1S/C14H19NO5S/c1-9(2)12(14(17)18)15-13(16)11-6-4-5-10(7-11)8-21(3,19)20/h4-7,9,12H,8H2,1-3H3,(H,15,16)(H,17,18). The molecule has 2 N–H and O–H groups in total. The number of carboxylic acids is 1. The number of carboxylic acid groups (broad SMARTS) is 1. The molecule has 0 spiro atoms. The summed E-state index contributed by atoms with van der Waals surface area (Å²) in [5.74, 6) is -2.07. The fourth-order valence-corrected chi connectivity index (χ4v) is 2.63. The van der Waals surface area contributed by atoms with E-state index in [0.29, 0.717) is 5.56 Å². The van der Waals surface area contributed by atoms with Crippen LogP contribution in [0.5, 0.6) is 0 Å². The molecule has 0 aliphatic rings. The van der Waals surface area contributed by atoms with Crippen molar-refractivity contribution in [1.29, 1.82) is 0 Å². The van der Waals surface area contributed by atoms with E-state index in [9.17, 15) is 18.0 Å². The number of benzene rings is 1. The fourth-order valence-electron chi connectivity index (χ4n) is 1.84. The zero-order chi connectivity index (χ0) is 16.2. The van der Waals surface area contributed by atoms with Gasteiger partial charge in [-0.15, -0.1) is 0 Å². The Labute approximate surface area is 124 Å². The molecule has 0 aromatic heterocycles. The first-order valence-electron chi connectivity index (χ1n) is 6.40. The minimum absolute atomic E-state index is 0.166. The lowest BCUT2D eigenvalue weighted by Gasteiger charge is -2.18. The first-order valence-corrected chi connectivity index (χ1v) is 8.46. The van der Waals surface area contributed by atoms with Crippen molar-refractivity contribution >= 4 is 21.7 Å². The first-order chi connectivity index (χ1) is 9.60. The van der Waals surface area contributed by atoms with E-state index in [1.54, 1.807) is 26.0 Å². The van der Waals surface area contributed by atoms with Gasteiger partial charge < -0.3 is 10.4 Å². The van der Waals surface area contributed by atoms with Gasteiger partial charge >= 0.3 is 5.97 Å². The van der Waals surface area contributed by atoms with Crippen molar-refractivity contribution in [3.05, 3.63) is 35.4 Å². The van der Waals surface area contributed by atoms with E-state index in [0.717, 1.165) is 6.26 Å². The summed E-state index contributed by atoms with van der Waals surface area (Å²) in [4.78, 5) is 23.1. The molecule has 1 unspecified atom stereocenters. The maximum atomic E-state index is 12.1. The SMILES string of the molecule is CC(C)C(NC(=O)c1cccc(CS(C)(=O)=O)c1)C(=O)O. The highest BCUT2D eigenvalue weighted by molar-refractivity contribution is 7.89. The van der Waals surface area contributed by atoms with Crippen LogP contribution in [0.2, 0.25) is 0 Å². The van der Waals surface area contributed by atoms with Crippen molar-refractivity contribution in [2.45, 2.75) is 25.6 Å². The molecular formula is C14H19NO5S. The quantitative estimate of drug-likeness (QED) is 0.818. The van der Waals surface area contributed by atoms with Gasteiger partial charge in [0, 0.05) is 11.8 Å². The second-order valence-electron chi connectivity index (χ2n) is 5.30. The summed E-state index contributed by atoms with van der Waals surface area (Å²) in [6, 6.07) is 5.15. The van der Waals surface area contributed by atoms with Crippen molar-refractivity contribution in [3.63, 3.8) is 0 Å². The van der Waals surface area contributed by atoms with Gasteiger partial charge in [-0.25, -0.2) is 13.2 Å².